The van der Waals surface area contributed by atoms with Gasteiger partial charge in [0.05, 0.1) is 19.3 Å². The molecule has 1 amide bonds. The number of para-hydroxylation sites is 1. The molecular weight excluding hydrogens is 414 g/mol. The molecule has 5 rings (SSSR count). The number of fused-ring (bicyclic) bond motifs is 1. The zero-order chi connectivity index (χ0) is 22.8. The van der Waals surface area contributed by atoms with Crippen LogP contribution < -0.4 is 14.8 Å². The highest BCUT2D eigenvalue weighted by Gasteiger charge is 2.26. The molecule has 6 nitrogen and oxygen atoms in total. The van der Waals surface area contributed by atoms with Gasteiger partial charge in [0.15, 0.2) is 0 Å². The lowest BCUT2D eigenvalue weighted by Crippen LogP contribution is -2.37. The van der Waals surface area contributed by atoms with Crippen molar-refractivity contribution in [3.05, 3.63) is 59.8 Å². The van der Waals surface area contributed by atoms with E-state index in [0.717, 1.165) is 51.1 Å². The molecular formula is C27H33N3O3. The van der Waals surface area contributed by atoms with Crippen LogP contribution in [0.5, 0.6) is 11.5 Å². The van der Waals surface area contributed by atoms with Crippen LogP contribution in [0.1, 0.15) is 41.6 Å². The van der Waals surface area contributed by atoms with Crippen LogP contribution in [0.3, 0.4) is 0 Å². The van der Waals surface area contributed by atoms with Crippen molar-refractivity contribution < 1.29 is 14.3 Å². The molecule has 2 aromatic carbocycles. The van der Waals surface area contributed by atoms with Crippen molar-refractivity contribution in [2.45, 2.75) is 38.3 Å². The van der Waals surface area contributed by atoms with Crippen LogP contribution in [0.25, 0.3) is 10.9 Å². The fourth-order valence-corrected chi connectivity index (χ4v) is 4.86. The molecule has 1 aromatic heterocycles. The van der Waals surface area contributed by atoms with E-state index in [1.165, 1.54) is 16.5 Å². The molecule has 1 aliphatic carbocycles. The third kappa shape index (κ3) is 5.01. The Morgan fingerprint density at radius 1 is 1.15 bits per heavy atom. The SMILES string of the molecule is COc1ccc2c(c1)c(CN1CCCC(COc3ccccc3C(=O)NC3CC3)C1)cn2C. The number of hydrogen-bond donors (Lipinski definition) is 1. The number of piperidine rings is 1. The summed E-state index contributed by atoms with van der Waals surface area (Å²) in [7, 11) is 3.81. The Hall–Kier alpha value is -2.99. The van der Waals surface area contributed by atoms with E-state index in [0.29, 0.717) is 29.9 Å². The Balaban J connectivity index is 1.22. The number of ether oxygens (including phenoxy) is 2. The molecule has 2 fully saturated rings. The predicted octanol–water partition coefficient (Wildman–Crippen LogP) is 4.37. The summed E-state index contributed by atoms with van der Waals surface area (Å²) in [6, 6.07) is 14.2. The Morgan fingerprint density at radius 3 is 2.82 bits per heavy atom. The standard InChI is InChI=1S/C27H33N3O3/c1-29-16-20(24-14-22(32-2)11-12-25(24)29)17-30-13-5-6-19(15-30)18-33-26-8-4-3-7-23(26)27(31)28-21-9-10-21/h3-4,7-8,11-12,14,16,19,21H,5-6,9-10,13,15,17-18H2,1-2H3,(H,28,31). The monoisotopic (exact) mass is 447 g/mol. The maximum atomic E-state index is 12.6. The van der Waals surface area contributed by atoms with Crippen molar-refractivity contribution in [2.75, 3.05) is 26.8 Å². The summed E-state index contributed by atoms with van der Waals surface area (Å²) in [6.45, 7) is 3.64. The molecule has 1 atom stereocenters. The van der Waals surface area contributed by atoms with Crippen molar-refractivity contribution in [3.63, 3.8) is 0 Å². The van der Waals surface area contributed by atoms with Gasteiger partial charge in [-0.2, -0.15) is 0 Å². The van der Waals surface area contributed by atoms with Gasteiger partial charge in [-0.15, -0.1) is 0 Å². The number of rotatable bonds is 8. The lowest BCUT2D eigenvalue weighted by atomic mass is 9.98. The van der Waals surface area contributed by atoms with Crippen LogP contribution in [0.15, 0.2) is 48.7 Å². The Morgan fingerprint density at radius 2 is 2.00 bits per heavy atom. The predicted molar refractivity (Wildman–Crippen MR) is 130 cm³/mol. The second-order valence-electron chi connectivity index (χ2n) is 9.45. The van der Waals surface area contributed by atoms with Crippen LogP contribution in [-0.4, -0.2) is 48.2 Å². The van der Waals surface area contributed by atoms with Crippen LogP contribution in [0, 0.1) is 5.92 Å². The highest BCUT2D eigenvalue weighted by atomic mass is 16.5. The Kier molecular flexibility index (Phi) is 6.27. The smallest absolute Gasteiger partial charge is 0.255 e. The van der Waals surface area contributed by atoms with Gasteiger partial charge >= 0.3 is 0 Å². The highest BCUT2D eigenvalue weighted by Crippen LogP contribution is 2.29. The minimum Gasteiger partial charge on any atom is -0.497 e. The van der Waals surface area contributed by atoms with Crippen molar-refractivity contribution in [1.82, 2.24) is 14.8 Å². The minimum absolute atomic E-state index is 0.0234. The number of amides is 1. The van der Waals surface area contributed by atoms with Crippen molar-refractivity contribution in [2.24, 2.45) is 13.0 Å². The molecule has 0 spiro atoms. The van der Waals surface area contributed by atoms with E-state index in [4.69, 9.17) is 9.47 Å². The van der Waals surface area contributed by atoms with E-state index in [9.17, 15) is 4.79 Å². The van der Waals surface area contributed by atoms with Gasteiger partial charge in [-0.3, -0.25) is 9.69 Å². The number of carbonyl (C=O) groups is 1. The van der Waals surface area contributed by atoms with Gasteiger partial charge in [-0.1, -0.05) is 12.1 Å². The third-order valence-corrected chi connectivity index (χ3v) is 6.80. The zero-order valence-corrected chi connectivity index (χ0v) is 19.5. The number of nitrogens with zero attached hydrogens (tertiary/aromatic N) is 2. The fourth-order valence-electron chi connectivity index (χ4n) is 4.86. The van der Waals surface area contributed by atoms with E-state index < -0.39 is 0 Å². The Bertz CT molecular complexity index is 1130. The molecule has 0 radical (unpaired) electrons. The van der Waals surface area contributed by atoms with Crippen LogP contribution in [0.4, 0.5) is 0 Å². The molecule has 1 N–H and O–H groups in total. The number of nitrogens with one attached hydrogen (secondary N) is 1. The molecule has 3 aromatic rings. The number of hydrogen-bond acceptors (Lipinski definition) is 4. The molecule has 174 valence electrons. The van der Waals surface area contributed by atoms with Crippen molar-refractivity contribution >= 4 is 16.8 Å². The summed E-state index contributed by atoms with van der Waals surface area (Å²) in [4.78, 5) is 15.1. The second-order valence-corrected chi connectivity index (χ2v) is 9.45. The summed E-state index contributed by atoms with van der Waals surface area (Å²) < 4.78 is 13.8. The highest BCUT2D eigenvalue weighted by molar-refractivity contribution is 5.97. The van der Waals surface area contributed by atoms with Gasteiger partial charge in [-0.25, -0.2) is 0 Å². The largest absolute Gasteiger partial charge is 0.497 e. The average molecular weight is 448 g/mol. The first-order valence-corrected chi connectivity index (χ1v) is 12.0. The summed E-state index contributed by atoms with van der Waals surface area (Å²) in [5.74, 6) is 2.01. The van der Waals surface area contributed by atoms with E-state index in [2.05, 4.69) is 40.2 Å². The van der Waals surface area contributed by atoms with E-state index in [1.807, 2.05) is 30.3 Å². The number of methoxy groups -OCH3 is 1. The van der Waals surface area contributed by atoms with Gasteiger partial charge in [0.2, 0.25) is 0 Å². The van der Waals surface area contributed by atoms with E-state index >= 15 is 0 Å². The summed E-state index contributed by atoms with van der Waals surface area (Å²) >= 11 is 0. The summed E-state index contributed by atoms with van der Waals surface area (Å²) in [5.41, 5.74) is 3.20. The van der Waals surface area contributed by atoms with E-state index in [-0.39, 0.29) is 5.91 Å². The summed E-state index contributed by atoms with van der Waals surface area (Å²) in [5, 5.41) is 4.32. The van der Waals surface area contributed by atoms with Crippen molar-refractivity contribution in [1.29, 1.82) is 0 Å². The molecule has 2 heterocycles. The van der Waals surface area contributed by atoms with Gasteiger partial charge in [0.1, 0.15) is 11.5 Å². The molecule has 1 unspecified atom stereocenters. The fraction of sp³-hybridized carbons (Fsp3) is 0.444. The first-order chi connectivity index (χ1) is 16.1. The number of benzene rings is 2. The maximum absolute atomic E-state index is 12.6. The van der Waals surface area contributed by atoms with Gasteiger partial charge < -0.3 is 19.4 Å². The first kappa shape index (κ1) is 21.8. The summed E-state index contributed by atoms with van der Waals surface area (Å²) in [6.07, 6.45) is 6.70. The first-order valence-electron chi connectivity index (χ1n) is 12.0. The number of aromatic nitrogens is 1. The maximum Gasteiger partial charge on any atom is 0.255 e. The van der Waals surface area contributed by atoms with Gasteiger partial charge in [-0.05, 0) is 68.1 Å². The number of carbonyl (C=O) groups excluding carboxylic acids is 1. The third-order valence-electron chi connectivity index (χ3n) is 6.80. The number of aryl methyl sites for hydroxylation is 1. The molecule has 1 saturated heterocycles. The Labute approximate surface area is 195 Å². The van der Waals surface area contributed by atoms with Crippen LogP contribution in [-0.2, 0) is 13.6 Å². The molecule has 1 saturated carbocycles. The quantitative estimate of drug-likeness (QED) is 0.557. The zero-order valence-electron chi connectivity index (χ0n) is 19.5. The molecule has 33 heavy (non-hydrogen) atoms. The molecule has 2 aliphatic rings. The minimum atomic E-state index is -0.0234. The van der Waals surface area contributed by atoms with Crippen LogP contribution >= 0.6 is 0 Å². The normalized spacial score (nSPS) is 18.9. The second kappa shape index (κ2) is 9.48. The average Bonchev–Trinajstić information content (AvgIpc) is 3.60. The lowest BCUT2D eigenvalue weighted by Gasteiger charge is -2.32. The molecule has 6 heteroatoms. The van der Waals surface area contributed by atoms with E-state index in [1.54, 1.807) is 7.11 Å². The lowest BCUT2D eigenvalue weighted by molar-refractivity contribution is 0.0940. The molecule has 0 bridgehead atoms. The van der Waals surface area contributed by atoms with Gasteiger partial charge in [0, 0.05) is 49.2 Å². The topological polar surface area (TPSA) is 55.7 Å². The van der Waals surface area contributed by atoms with Crippen LogP contribution in [0.2, 0.25) is 0 Å². The van der Waals surface area contributed by atoms with Gasteiger partial charge in [0.25, 0.3) is 5.91 Å². The number of likely N-dealkylation sites (tertiary alicyclic amines) is 1. The molecule has 1 aliphatic heterocycles. The van der Waals surface area contributed by atoms with Crippen molar-refractivity contribution in [3.8, 4) is 11.5 Å².